The van der Waals surface area contributed by atoms with E-state index in [-0.39, 0.29) is 6.42 Å². The lowest BCUT2D eigenvalue weighted by molar-refractivity contribution is -0.127. The van der Waals surface area contributed by atoms with Crippen LogP contribution in [0.25, 0.3) is 0 Å². The van der Waals surface area contributed by atoms with Crippen molar-refractivity contribution in [3.05, 3.63) is 12.7 Å². The van der Waals surface area contributed by atoms with Crippen molar-refractivity contribution in [1.29, 1.82) is 0 Å². The molecule has 0 spiro atoms. The summed E-state index contributed by atoms with van der Waals surface area (Å²) >= 11 is 0. The lowest BCUT2D eigenvalue weighted by Crippen LogP contribution is -2.57. The van der Waals surface area contributed by atoms with Gasteiger partial charge in [-0.05, 0) is 6.42 Å². The Morgan fingerprint density at radius 2 is 1.78 bits per heavy atom. The number of amides is 1. The molecule has 106 valence electrons. The third-order valence-corrected chi connectivity index (χ3v) is 2.49. The largest absolute Gasteiger partial charge is 0.394 e. The van der Waals surface area contributed by atoms with Crippen LogP contribution in [0.1, 0.15) is 13.3 Å². The first-order chi connectivity index (χ1) is 8.34. The number of aliphatic hydroxyl groups is 5. The Morgan fingerprint density at radius 3 is 2.17 bits per heavy atom. The fourth-order valence-corrected chi connectivity index (χ4v) is 1.51. The summed E-state index contributed by atoms with van der Waals surface area (Å²) in [6.07, 6.45) is -4.56. The Labute approximate surface area is 105 Å². The van der Waals surface area contributed by atoms with Gasteiger partial charge in [-0.25, -0.2) is 0 Å². The first-order valence-corrected chi connectivity index (χ1v) is 5.56. The molecule has 0 aliphatic rings. The molecule has 7 heteroatoms. The second kappa shape index (κ2) is 8.17. The van der Waals surface area contributed by atoms with Crippen LogP contribution in [0, 0.1) is 0 Å². The Hall–Kier alpha value is -0.990. The molecule has 0 rings (SSSR count). The third kappa shape index (κ3) is 5.11. The van der Waals surface area contributed by atoms with Crippen molar-refractivity contribution >= 4 is 5.91 Å². The molecule has 1 amide bonds. The van der Waals surface area contributed by atoms with E-state index >= 15 is 0 Å². The zero-order valence-electron chi connectivity index (χ0n) is 10.2. The van der Waals surface area contributed by atoms with Crippen molar-refractivity contribution in [1.82, 2.24) is 5.32 Å². The Kier molecular flexibility index (Phi) is 7.72. The highest BCUT2D eigenvalue weighted by atomic mass is 16.4. The lowest BCUT2D eigenvalue weighted by Gasteiger charge is -2.32. The van der Waals surface area contributed by atoms with Gasteiger partial charge in [0.05, 0.1) is 18.8 Å². The fraction of sp³-hybridized carbons (Fsp3) is 0.727. The van der Waals surface area contributed by atoms with Crippen LogP contribution < -0.4 is 5.32 Å². The SMILES string of the molecule is C=CC[C@H](O)[C@@H](NC(C)=O)[C@@H](O)[C@H](O)[C@H](O)CO. The zero-order chi connectivity index (χ0) is 14.3. The number of rotatable bonds is 8. The van der Waals surface area contributed by atoms with Crippen LogP contribution in [0.4, 0.5) is 0 Å². The highest BCUT2D eigenvalue weighted by Gasteiger charge is 2.35. The van der Waals surface area contributed by atoms with Crippen molar-refractivity contribution in [3.8, 4) is 0 Å². The number of aliphatic hydroxyl groups excluding tert-OH is 5. The van der Waals surface area contributed by atoms with E-state index in [2.05, 4.69) is 11.9 Å². The van der Waals surface area contributed by atoms with E-state index in [1.54, 1.807) is 0 Å². The van der Waals surface area contributed by atoms with Gasteiger partial charge in [-0.15, -0.1) is 6.58 Å². The highest BCUT2D eigenvalue weighted by molar-refractivity contribution is 5.73. The van der Waals surface area contributed by atoms with Crippen molar-refractivity contribution < 1.29 is 30.3 Å². The maximum atomic E-state index is 11.0. The highest BCUT2D eigenvalue weighted by Crippen LogP contribution is 2.11. The molecule has 0 radical (unpaired) electrons. The van der Waals surface area contributed by atoms with Gasteiger partial charge in [-0.3, -0.25) is 4.79 Å². The lowest BCUT2D eigenvalue weighted by atomic mass is 9.95. The van der Waals surface area contributed by atoms with Gasteiger partial charge in [-0.2, -0.15) is 0 Å². The molecule has 0 saturated heterocycles. The second-order valence-corrected chi connectivity index (χ2v) is 4.05. The van der Waals surface area contributed by atoms with Crippen molar-refractivity contribution in [2.45, 2.75) is 43.8 Å². The molecule has 0 saturated carbocycles. The molecule has 5 atom stereocenters. The molecular formula is C11H21NO6. The molecular weight excluding hydrogens is 242 g/mol. The van der Waals surface area contributed by atoms with E-state index in [4.69, 9.17) is 5.11 Å². The number of carbonyl (C=O) groups is 1. The fourth-order valence-electron chi connectivity index (χ4n) is 1.51. The molecule has 0 aromatic rings. The average molecular weight is 263 g/mol. The van der Waals surface area contributed by atoms with E-state index in [0.29, 0.717) is 0 Å². The molecule has 0 aromatic carbocycles. The molecule has 0 aliphatic heterocycles. The topological polar surface area (TPSA) is 130 Å². The smallest absolute Gasteiger partial charge is 0.217 e. The molecule has 6 N–H and O–H groups in total. The van der Waals surface area contributed by atoms with E-state index in [1.165, 1.54) is 13.0 Å². The van der Waals surface area contributed by atoms with Gasteiger partial charge in [0.15, 0.2) is 0 Å². The zero-order valence-corrected chi connectivity index (χ0v) is 10.2. The first kappa shape index (κ1) is 17.0. The summed E-state index contributed by atoms with van der Waals surface area (Å²) in [4.78, 5) is 11.0. The number of carbonyl (C=O) groups excluding carboxylic acids is 1. The van der Waals surface area contributed by atoms with Crippen LogP contribution >= 0.6 is 0 Å². The number of hydrogen-bond donors (Lipinski definition) is 6. The monoisotopic (exact) mass is 263 g/mol. The van der Waals surface area contributed by atoms with Crippen LogP contribution in [0.5, 0.6) is 0 Å². The average Bonchev–Trinajstić information content (AvgIpc) is 2.33. The van der Waals surface area contributed by atoms with E-state index in [9.17, 15) is 25.2 Å². The normalized spacial score (nSPS) is 19.4. The molecule has 7 nitrogen and oxygen atoms in total. The standard InChI is InChI=1S/C11H21NO6/c1-3-4-7(15)9(12-6(2)14)11(18)10(17)8(16)5-13/h3,7-11,13,15-18H,1,4-5H2,2H3,(H,12,14)/t7-,8+,9+,10+,11+/m0/s1. The van der Waals surface area contributed by atoms with Crippen molar-refractivity contribution in [3.63, 3.8) is 0 Å². The molecule has 0 heterocycles. The summed E-state index contributed by atoms with van der Waals surface area (Å²) in [6, 6.07) is -1.17. The Bertz CT molecular complexity index is 272. The molecule has 0 aliphatic carbocycles. The van der Waals surface area contributed by atoms with E-state index in [0.717, 1.165) is 0 Å². The second-order valence-electron chi connectivity index (χ2n) is 4.05. The summed E-state index contributed by atoms with van der Waals surface area (Å²) in [5.41, 5.74) is 0. The summed E-state index contributed by atoms with van der Waals surface area (Å²) in [5.74, 6) is -0.507. The maximum absolute atomic E-state index is 11.0. The molecule has 18 heavy (non-hydrogen) atoms. The van der Waals surface area contributed by atoms with Gasteiger partial charge < -0.3 is 30.8 Å². The minimum absolute atomic E-state index is 0.0872. The van der Waals surface area contributed by atoms with Gasteiger partial charge in [0.25, 0.3) is 0 Å². The summed E-state index contributed by atoms with van der Waals surface area (Å²) in [7, 11) is 0. The molecule has 0 aromatic heterocycles. The predicted octanol–water partition coefficient (Wildman–Crippen LogP) is -2.50. The third-order valence-electron chi connectivity index (χ3n) is 2.49. The van der Waals surface area contributed by atoms with Crippen LogP contribution in [0.3, 0.4) is 0 Å². The number of nitrogens with one attached hydrogen (secondary N) is 1. The van der Waals surface area contributed by atoms with Gasteiger partial charge in [-0.1, -0.05) is 6.08 Å². The maximum Gasteiger partial charge on any atom is 0.217 e. The van der Waals surface area contributed by atoms with Gasteiger partial charge >= 0.3 is 0 Å². The van der Waals surface area contributed by atoms with E-state index in [1.807, 2.05) is 0 Å². The summed E-state index contributed by atoms with van der Waals surface area (Å²) in [6.45, 7) is 3.85. The summed E-state index contributed by atoms with van der Waals surface area (Å²) < 4.78 is 0. The van der Waals surface area contributed by atoms with Crippen molar-refractivity contribution in [2.24, 2.45) is 0 Å². The molecule has 0 fully saturated rings. The minimum Gasteiger partial charge on any atom is -0.394 e. The van der Waals surface area contributed by atoms with Gasteiger partial charge in [0, 0.05) is 6.92 Å². The first-order valence-electron chi connectivity index (χ1n) is 5.56. The van der Waals surface area contributed by atoms with Gasteiger partial charge in [0.1, 0.15) is 18.3 Å². The van der Waals surface area contributed by atoms with Gasteiger partial charge in [0.2, 0.25) is 5.91 Å². The molecule has 0 bridgehead atoms. The van der Waals surface area contributed by atoms with Crippen LogP contribution in [0.2, 0.25) is 0 Å². The van der Waals surface area contributed by atoms with Crippen molar-refractivity contribution in [2.75, 3.05) is 6.61 Å². The Morgan fingerprint density at radius 1 is 1.22 bits per heavy atom. The molecule has 0 unspecified atom stereocenters. The number of hydrogen-bond acceptors (Lipinski definition) is 6. The summed E-state index contributed by atoms with van der Waals surface area (Å²) in [5, 5.41) is 49.2. The van der Waals surface area contributed by atoms with E-state index < -0.39 is 43.0 Å². The Balaban J connectivity index is 4.82. The van der Waals surface area contributed by atoms with Crippen LogP contribution in [0.15, 0.2) is 12.7 Å². The predicted molar refractivity (Wildman–Crippen MR) is 63.5 cm³/mol. The minimum atomic E-state index is -1.69. The van der Waals surface area contributed by atoms with Crippen LogP contribution in [-0.2, 0) is 4.79 Å². The van der Waals surface area contributed by atoms with Crippen LogP contribution in [-0.4, -0.2) is 68.5 Å². The quantitative estimate of drug-likeness (QED) is 0.269.